The summed E-state index contributed by atoms with van der Waals surface area (Å²) < 4.78 is 11.3. The van der Waals surface area contributed by atoms with Gasteiger partial charge in [-0.05, 0) is 89.9 Å². The molecule has 1 amide bonds. The lowest BCUT2D eigenvalue weighted by atomic mass is 9.99. The molecule has 0 saturated carbocycles. The van der Waals surface area contributed by atoms with Gasteiger partial charge in [0.05, 0.1) is 25.4 Å². The van der Waals surface area contributed by atoms with Crippen LogP contribution in [0.1, 0.15) is 258 Å². The number of allylic oxidation sites excluding steroid dienone is 19. The van der Waals surface area contributed by atoms with Gasteiger partial charge < -0.3 is 40.3 Å². The van der Waals surface area contributed by atoms with Crippen molar-refractivity contribution >= 4 is 5.91 Å². The van der Waals surface area contributed by atoms with Crippen LogP contribution in [-0.2, 0) is 14.3 Å². The predicted molar refractivity (Wildman–Crippen MR) is 336 cm³/mol. The average molecular weight is 1100 g/mol. The molecular formula is C70H119NO8. The van der Waals surface area contributed by atoms with Crippen molar-refractivity contribution in [3.8, 4) is 0 Å². The Balaban J connectivity index is 2.18. The second-order valence-corrected chi connectivity index (χ2v) is 21.8. The average Bonchev–Trinajstić information content (AvgIpc) is 3.46. The largest absolute Gasteiger partial charge is 0.394 e. The molecule has 0 aromatic heterocycles. The van der Waals surface area contributed by atoms with Crippen molar-refractivity contribution < 1.29 is 39.8 Å². The molecule has 0 aliphatic carbocycles. The fraction of sp³-hybridized carbons (Fsp3) is 0.700. The van der Waals surface area contributed by atoms with Gasteiger partial charge in [-0.3, -0.25) is 4.79 Å². The van der Waals surface area contributed by atoms with Gasteiger partial charge in [-0.1, -0.05) is 283 Å². The highest BCUT2D eigenvalue weighted by Gasteiger charge is 2.44. The maximum Gasteiger partial charge on any atom is 0.220 e. The van der Waals surface area contributed by atoms with Gasteiger partial charge in [-0.25, -0.2) is 0 Å². The van der Waals surface area contributed by atoms with Gasteiger partial charge in [0.25, 0.3) is 0 Å². The number of carbonyl (C=O) groups is 1. The fourth-order valence-corrected chi connectivity index (χ4v) is 9.50. The van der Waals surface area contributed by atoms with Crippen molar-refractivity contribution in [2.75, 3.05) is 13.2 Å². The Morgan fingerprint density at radius 3 is 1.16 bits per heavy atom. The molecule has 9 nitrogen and oxygen atoms in total. The molecule has 0 radical (unpaired) electrons. The molecule has 7 unspecified atom stereocenters. The molecule has 452 valence electrons. The van der Waals surface area contributed by atoms with Gasteiger partial charge in [-0.2, -0.15) is 0 Å². The number of aliphatic hydroxyl groups is 5. The van der Waals surface area contributed by atoms with Crippen molar-refractivity contribution in [1.29, 1.82) is 0 Å². The van der Waals surface area contributed by atoms with Crippen LogP contribution in [0.2, 0.25) is 0 Å². The summed E-state index contributed by atoms with van der Waals surface area (Å²) in [5.41, 5.74) is 0. The lowest BCUT2D eigenvalue weighted by molar-refractivity contribution is -0.302. The highest BCUT2D eigenvalue weighted by atomic mass is 16.7. The van der Waals surface area contributed by atoms with E-state index in [-0.39, 0.29) is 12.5 Å². The molecule has 1 saturated heterocycles. The van der Waals surface area contributed by atoms with Crippen LogP contribution >= 0.6 is 0 Å². The third-order valence-electron chi connectivity index (χ3n) is 14.5. The number of ether oxygens (including phenoxy) is 2. The number of amides is 1. The Morgan fingerprint density at radius 2 is 0.785 bits per heavy atom. The maximum absolute atomic E-state index is 13.1. The summed E-state index contributed by atoms with van der Waals surface area (Å²) in [6.07, 6.45) is 79.8. The van der Waals surface area contributed by atoms with E-state index in [1.807, 2.05) is 6.08 Å². The number of carbonyl (C=O) groups excluding carboxylic acids is 1. The highest BCUT2D eigenvalue weighted by Crippen LogP contribution is 2.23. The minimum atomic E-state index is -1.57. The molecule has 1 aliphatic rings. The Bertz CT molecular complexity index is 1660. The first-order chi connectivity index (χ1) is 38.8. The Labute approximate surface area is 484 Å². The summed E-state index contributed by atoms with van der Waals surface area (Å²) in [4.78, 5) is 13.1. The zero-order valence-corrected chi connectivity index (χ0v) is 50.3. The van der Waals surface area contributed by atoms with Crippen molar-refractivity contribution in [2.24, 2.45) is 0 Å². The topological polar surface area (TPSA) is 149 Å². The zero-order chi connectivity index (χ0) is 57.2. The predicted octanol–water partition coefficient (Wildman–Crippen LogP) is 17.1. The molecule has 79 heavy (non-hydrogen) atoms. The second kappa shape index (κ2) is 57.8. The van der Waals surface area contributed by atoms with Crippen LogP contribution in [0.25, 0.3) is 0 Å². The Hall–Kier alpha value is -3.41. The van der Waals surface area contributed by atoms with Crippen LogP contribution in [-0.4, -0.2) is 87.5 Å². The van der Waals surface area contributed by atoms with Gasteiger partial charge >= 0.3 is 0 Å². The summed E-state index contributed by atoms with van der Waals surface area (Å²) in [6, 6.07) is -0.817. The molecule has 9 heteroatoms. The maximum atomic E-state index is 13.1. The van der Waals surface area contributed by atoms with Gasteiger partial charge in [0.2, 0.25) is 5.91 Å². The van der Waals surface area contributed by atoms with E-state index in [4.69, 9.17) is 9.47 Å². The molecule has 1 fully saturated rings. The van der Waals surface area contributed by atoms with Crippen molar-refractivity contribution in [1.82, 2.24) is 5.32 Å². The van der Waals surface area contributed by atoms with E-state index < -0.39 is 49.5 Å². The molecular weight excluding hydrogens is 983 g/mol. The summed E-state index contributed by atoms with van der Waals surface area (Å²) in [6.45, 7) is 3.67. The molecule has 7 atom stereocenters. The Morgan fingerprint density at radius 1 is 0.443 bits per heavy atom. The van der Waals surface area contributed by atoms with Gasteiger partial charge in [-0.15, -0.1) is 0 Å². The molecule has 0 aromatic carbocycles. The van der Waals surface area contributed by atoms with Crippen LogP contribution in [0.15, 0.2) is 122 Å². The SMILES string of the molecule is CC/C=C\C/C=C\C/C=C\C/C=C\C/C=C\C/C=C\C/C=C\C/C=C\C/C=C\CCCCCCCCCCCC(=O)NC(COC1OC(CO)C(O)C(O)C1O)C(O)/C=C/CCCCCCCCCCCCCCCCCCC. The summed E-state index contributed by atoms with van der Waals surface area (Å²) in [5, 5.41) is 54.6. The fourth-order valence-electron chi connectivity index (χ4n) is 9.50. The third-order valence-corrected chi connectivity index (χ3v) is 14.5. The standard InChI is InChI=1S/C70H119NO8/c1-3-5-7-9-11-13-15-17-19-21-23-24-25-26-27-28-29-30-31-32-33-34-35-36-37-38-39-40-42-44-46-48-50-52-54-56-58-60-66(74)71-63(62-78-70-69(77)68(76)67(75)65(61-72)79-70)64(73)59-57-55-53-51-49-47-45-43-41-22-20-18-16-14-12-10-8-6-4-2/h5,7,11,13,17,19,23-24,26-27,29-30,32-33,35-36,38-39,57,59,63-65,67-70,72-73,75-77H,3-4,6,8-10,12,14-16,18,20-22,25,28,31,34,37,40-56,58,60-62H2,1-2H3,(H,71,74)/b7-5-,13-11-,19-17-,24-23-,27-26-,30-29-,33-32-,36-35-,39-38-,59-57+. The van der Waals surface area contributed by atoms with Crippen LogP contribution in [0.5, 0.6) is 0 Å². The monoisotopic (exact) mass is 1100 g/mol. The van der Waals surface area contributed by atoms with Crippen molar-refractivity contribution in [3.63, 3.8) is 0 Å². The van der Waals surface area contributed by atoms with Crippen LogP contribution in [0, 0.1) is 0 Å². The number of nitrogens with one attached hydrogen (secondary N) is 1. The molecule has 1 aliphatic heterocycles. The number of aliphatic hydroxyl groups excluding tert-OH is 5. The molecule has 1 heterocycles. The van der Waals surface area contributed by atoms with E-state index in [2.05, 4.69) is 129 Å². The lowest BCUT2D eigenvalue weighted by Crippen LogP contribution is -2.60. The molecule has 0 aromatic rings. The number of hydrogen-bond donors (Lipinski definition) is 6. The number of unbranched alkanes of at least 4 members (excludes halogenated alkanes) is 26. The third kappa shape index (κ3) is 46.9. The smallest absolute Gasteiger partial charge is 0.220 e. The zero-order valence-electron chi connectivity index (χ0n) is 50.3. The van der Waals surface area contributed by atoms with Gasteiger partial charge in [0, 0.05) is 6.42 Å². The van der Waals surface area contributed by atoms with E-state index in [1.54, 1.807) is 6.08 Å². The quantitative estimate of drug-likeness (QED) is 0.0261. The first-order valence-electron chi connectivity index (χ1n) is 32.3. The van der Waals surface area contributed by atoms with E-state index in [0.717, 1.165) is 109 Å². The first-order valence-corrected chi connectivity index (χ1v) is 32.3. The second-order valence-electron chi connectivity index (χ2n) is 21.8. The van der Waals surface area contributed by atoms with Crippen LogP contribution in [0.3, 0.4) is 0 Å². The first kappa shape index (κ1) is 73.6. The summed E-state index contributed by atoms with van der Waals surface area (Å²) >= 11 is 0. The molecule has 0 spiro atoms. The van der Waals surface area contributed by atoms with E-state index in [0.29, 0.717) is 6.42 Å². The lowest BCUT2D eigenvalue weighted by Gasteiger charge is -2.40. The molecule has 1 rings (SSSR count). The molecule has 0 bridgehead atoms. The van der Waals surface area contributed by atoms with Crippen molar-refractivity contribution in [2.45, 2.75) is 301 Å². The number of rotatable bonds is 54. The van der Waals surface area contributed by atoms with Crippen LogP contribution < -0.4 is 5.32 Å². The minimum absolute atomic E-state index is 0.186. The number of hydrogen-bond acceptors (Lipinski definition) is 8. The van der Waals surface area contributed by atoms with Gasteiger partial charge in [0.1, 0.15) is 24.4 Å². The van der Waals surface area contributed by atoms with Gasteiger partial charge in [0.15, 0.2) is 6.29 Å². The van der Waals surface area contributed by atoms with E-state index >= 15 is 0 Å². The van der Waals surface area contributed by atoms with Crippen molar-refractivity contribution in [3.05, 3.63) is 122 Å². The Kier molecular flexibility index (Phi) is 53.9. The minimum Gasteiger partial charge on any atom is -0.394 e. The summed E-state index contributed by atoms with van der Waals surface area (Å²) in [7, 11) is 0. The van der Waals surface area contributed by atoms with E-state index in [1.165, 1.54) is 128 Å². The van der Waals surface area contributed by atoms with Crippen LogP contribution in [0.4, 0.5) is 0 Å². The highest BCUT2D eigenvalue weighted by molar-refractivity contribution is 5.76. The molecule has 6 N–H and O–H groups in total. The normalized spacial score (nSPS) is 19.4. The summed E-state index contributed by atoms with van der Waals surface area (Å²) in [5.74, 6) is -0.186. The van der Waals surface area contributed by atoms with E-state index in [9.17, 15) is 30.3 Å².